The van der Waals surface area contributed by atoms with E-state index in [1.165, 1.54) is 4.90 Å². The Bertz CT molecular complexity index is 916. The molecule has 2 aliphatic heterocycles. The van der Waals surface area contributed by atoms with Crippen molar-refractivity contribution in [2.45, 2.75) is 32.4 Å². The molecule has 0 bridgehead atoms. The second-order valence-corrected chi connectivity index (χ2v) is 8.77. The number of anilines is 1. The van der Waals surface area contributed by atoms with Gasteiger partial charge >= 0.3 is 0 Å². The largest absolute Gasteiger partial charge is 0.306 e. The zero-order valence-corrected chi connectivity index (χ0v) is 17.2. The summed E-state index contributed by atoms with van der Waals surface area (Å²) in [5.74, 6) is -0.708. The molecule has 2 aromatic carbocycles. The Labute approximate surface area is 174 Å². The number of fused-ring (bicyclic) bond motifs is 1. The molecule has 0 unspecified atom stereocenters. The van der Waals surface area contributed by atoms with Crippen LogP contribution in [0.1, 0.15) is 31.9 Å². The van der Waals surface area contributed by atoms with Crippen LogP contribution < -0.4 is 10.2 Å². The average molecular weight is 417 g/mol. The summed E-state index contributed by atoms with van der Waals surface area (Å²) >= 11 is 12.3. The van der Waals surface area contributed by atoms with Crippen LogP contribution in [0.15, 0.2) is 48.5 Å². The molecule has 0 saturated carbocycles. The van der Waals surface area contributed by atoms with Crippen LogP contribution in [-0.2, 0) is 9.59 Å². The van der Waals surface area contributed by atoms with E-state index in [2.05, 4.69) is 19.2 Å². The van der Waals surface area contributed by atoms with Crippen LogP contribution in [-0.4, -0.2) is 17.9 Å². The maximum Gasteiger partial charge on any atom is 0.239 e. The predicted molar refractivity (Wildman–Crippen MR) is 111 cm³/mol. The highest BCUT2D eigenvalue weighted by Gasteiger charge is 2.59. The molecule has 4 rings (SSSR count). The maximum atomic E-state index is 13.4. The lowest BCUT2D eigenvalue weighted by atomic mass is 9.84. The van der Waals surface area contributed by atoms with E-state index in [-0.39, 0.29) is 29.8 Å². The molecule has 2 aliphatic rings. The molecule has 2 aromatic rings. The van der Waals surface area contributed by atoms with Crippen molar-refractivity contribution in [3.8, 4) is 0 Å². The van der Waals surface area contributed by atoms with Gasteiger partial charge in [-0.25, -0.2) is 4.90 Å². The number of hydrogen-bond acceptors (Lipinski definition) is 3. The number of nitrogens with one attached hydrogen (secondary N) is 1. The number of halogens is 2. The van der Waals surface area contributed by atoms with E-state index in [0.717, 1.165) is 12.0 Å². The van der Waals surface area contributed by atoms with Gasteiger partial charge in [-0.2, -0.15) is 0 Å². The Morgan fingerprint density at radius 1 is 0.964 bits per heavy atom. The van der Waals surface area contributed by atoms with E-state index >= 15 is 0 Å². The van der Waals surface area contributed by atoms with Gasteiger partial charge in [0.05, 0.1) is 27.6 Å². The number of para-hydroxylation sites is 1. The SMILES string of the molecule is CC(C)C[C@H]1N[C@@H](c2ccc(Cl)c(Cl)c2)[C@H]2C(=O)N(c3ccccc3)C(=O)[C@@H]21. The van der Waals surface area contributed by atoms with Gasteiger partial charge in [0.1, 0.15) is 0 Å². The molecule has 6 heteroatoms. The number of carbonyl (C=O) groups excluding carboxylic acids is 2. The first-order chi connectivity index (χ1) is 13.4. The topological polar surface area (TPSA) is 49.4 Å². The van der Waals surface area contributed by atoms with Crippen molar-refractivity contribution < 1.29 is 9.59 Å². The van der Waals surface area contributed by atoms with E-state index in [0.29, 0.717) is 21.7 Å². The lowest BCUT2D eigenvalue weighted by Crippen LogP contribution is -2.40. The Morgan fingerprint density at radius 3 is 2.29 bits per heavy atom. The van der Waals surface area contributed by atoms with Crippen molar-refractivity contribution in [1.29, 1.82) is 0 Å². The molecule has 0 aromatic heterocycles. The molecule has 0 aliphatic carbocycles. The quantitative estimate of drug-likeness (QED) is 0.723. The first kappa shape index (κ1) is 19.4. The van der Waals surface area contributed by atoms with Gasteiger partial charge in [0.15, 0.2) is 0 Å². The van der Waals surface area contributed by atoms with Crippen LogP contribution in [0.25, 0.3) is 0 Å². The Hall–Kier alpha value is -1.88. The first-order valence-electron chi connectivity index (χ1n) is 9.52. The Balaban J connectivity index is 1.75. The summed E-state index contributed by atoms with van der Waals surface area (Å²) < 4.78 is 0. The van der Waals surface area contributed by atoms with Gasteiger partial charge in [0.2, 0.25) is 11.8 Å². The summed E-state index contributed by atoms with van der Waals surface area (Å²) in [5.41, 5.74) is 1.51. The fourth-order valence-electron chi connectivity index (χ4n) is 4.49. The van der Waals surface area contributed by atoms with Gasteiger partial charge in [-0.15, -0.1) is 0 Å². The maximum absolute atomic E-state index is 13.4. The number of carbonyl (C=O) groups is 2. The van der Waals surface area contributed by atoms with Gasteiger partial charge in [-0.3, -0.25) is 9.59 Å². The first-order valence-corrected chi connectivity index (χ1v) is 10.3. The highest BCUT2D eigenvalue weighted by atomic mass is 35.5. The zero-order chi connectivity index (χ0) is 20.0. The predicted octanol–water partition coefficient (Wildman–Crippen LogP) is 4.86. The lowest BCUT2D eigenvalue weighted by Gasteiger charge is -2.23. The monoisotopic (exact) mass is 416 g/mol. The number of nitrogens with zero attached hydrogens (tertiary/aromatic N) is 1. The van der Waals surface area contributed by atoms with Gasteiger partial charge < -0.3 is 5.32 Å². The molecule has 0 spiro atoms. The van der Waals surface area contributed by atoms with E-state index < -0.39 is 5.92 Å². The molecule has 4 atom stereocenters. The Morgan fingerprint density at radius 2 is 1.64 bits per heavy atom. The molecule has 2 heterocycles. The molecule has 1 N–H and O–H groups in total. The van der Waals surface area contributed by atoms with Crippen molar-refractivity contribution in [3.63, 3.8) is 0 Å². The zero-order valence-electron chi connectivity index (χ0n) is 15.7. The minimum absolute atomic E-state index is 0.0605. The second kappa shape index (κ2) is 7.51. The number of rotatable bonds is 4. The van der Waals surface area contributed by atoms with Gasteiger partial charge in [0.25, 0.3) is 0 Å². The highest BCUT2D eigenvalue weighted by Crippen LogP contribution is 2.47. The van der Waals surface area contributed by atoms with Crippen LogP contribution in [0.2, 0.25) is 10.0 Å². The van der Waals surface area contributed by atoms with Gasteiger partial charge in [0, 0.05) is 12.1 Å². The molecule has 2 saturated heterocycles. The summed E-state index contributed by atoms with van der Waals surface area (Å²) in [6, 6.07) is 14.2. The van der Waals surface area contributed by atoms with Crippen LogP contribution >= 0.6 is 23.2 Å². The number of imide groups is 1. The molecular formula is C22H22Cl2N2O2. The van der Waals surface area contributed by atoms with Crippen molar-refractivity contribution >= 4 is 40.7 Å². The van der Waals surface area contributed by atoms with E-state index in [4.69, 9.17) is 23.2 Å². The van der Waals surface area contributed by atoms with Crippen molar-refractivity contribution in [1.82, 2.24) is 5.32 Å². The molecule has 28 heavy (non-hydrogen) atoms. The minimum atomic E-state index is -0.450. The third-order valence-corrected chi connectivity index (χ3v) is 6.37. The van der Waals surface area contributed by atoms with E-state index in [9.17, 15) is 9.59 Å². The fraction of sp³-hybridized carbons (Fsp3) is 0.364. The summed E-state index contributed by atoms with van der Waals surface area (Å²) in [5, 5.41) is 4.47. The third-order valence-electron chi connectivity index (χ3n) is 5.63. The average Bonchev–Trinajstić information content (AvgIpc) is 3.15. The highest BCUT2D eigenvalue weighted by molar-refractivity contribution is 6.42. The normalized spacial score (nSPS) is 27.0. The number of benzene rings is 2. The third kappa shape index (κ3) is 3.24. The second-order valence-electron chi connectivity index (χ2n) is 7.95. The minimum Gasteiger partial charge on any atom is -0.306 e. The van der Waals surface area contributed by atoms with E-state index in [1.807, 2.05) is 24.3 Å². The fourth-order valence-corrected chi connectivity index (χ4v) is 4.79. The molecule has 2 amide bonds. The van der Waals surface area contributed by atoms with E-state index in [1.54, 1.807) is 24.3 Å². The van der Waals surface area contributed by atoms with Crippen molar-refractivity contribution in [3.05, 3.63) is 64.1 Å². The molecule has 4 nitrogen and oxygen atoms in total. The summed E-state index contributed by atoms with van der Waals surface area (Å²) in [7, 11) is 0. The smallest absolute Gasteiger partial charge is 0.239 e. The van der Waals surface area contributed by atoms with Crippen molar-refractivity contribution in [2.24, 2.45) is 17.8 Å². The van der Waals surface area contributed by atoms with Gasteiger partial charge in [-0.1, -0.05) is 61.3 Å². The number of amides is 2. The summed E-state index contributed by atoms with van der Waals surface area (Å²) in [6.07, 6.45) is 0.820. The molecule has 2 fully saturated rings. The van der Waals surface area contributed by atoms with Gasteiger partial charge in [-0.05, 0) is 42.2 Å². The van der Waals surface area contributed by atoms with Crippen LogP contribution in [0, 0.1) is 17.8 Å². The summed E-state index contributed by atoms with van der Waals surface area (Å²) in [4.78, 5) is 28.0. The lowest BCUT2D eigenvalue weighted by molar-refractivity contribution is -0.123. The molecule has 0 radical (unpaired) electrons. The van der Waals surface area contributed by atoms with Crippen LogP contribution in [0.4, 0.5) is 5.69 Å². The number of hydrogen-bond donors (Lipinski definition) is 1. The summed E-state index contributed by atoms with van der Waals surface area (Å²) in [6.45, 7) is 4.25. The molecular weight excluding hydrogens is 395 g/mol. The molecule has 146 valence electrons. The Kier molecular flexibility index (Phi) is 5.21. The van der Waals surface area contributed by atoms with Crippen molar-refractivity contribution in [2.75, 3.05) is 4.90 Å². The van der Waals surface area contributed by atoms with Crippen LogP contribution in [0.5, 0.6) is 0 Å². The standard InChI is InChI=1S/C22H22Cl2N2O2/c1-12(2)10-17-18-19(20(25-17)13-8-9-15(23)16(24)11-13)22(28)26(21(18)27)14-6-4-3-5-7-14/h3-9,11-12,17-20,25H,10H2,1-2H3/t17-,18-,19+,20+/m1/s1. The van der Waals surface area contributed by atoms with Crippen LogP contribution in [0.3, 0.4) is 0 Å².